The van der Waals surface area contributed by atoms with E-state index in [4.69, 9.17) is 4.74 Å². The van der Waals surface area contributed by atoms with Gasteiger partial charge in [0.1, 0.15) is 0 Å². The molecule has 1 unspecified atom stereocenters. The third kappa shape index (κ3) is 6.06. The first kappa shape index (κ1) is 15.5. The van der Waals surface area contributed by atoms with Crippen LogP contribution in [0.1, 0.15) is 43.7 Å². The fourth-order valence-electron chi connectivity index (χ4n) is 2.45. The minimum Gasteiger partial charge on any atom is -0.381 e. The van der Waals surface area contributed by atoms with Gasteiger partial charge in [-0.15, -0.1) is 0 Å². The lowest BCUT2D eigenvalue weighted by Crippen LogP contribution is -2.27. The van der Waals surface area contributed by atoms with Gasteiger partial charge in [-0.3, -0.25) is 0 Å². The van der Waals surface area contributed by atoms with Crippen LogP contribution in [0.5, 0.6) is 0 Å². The molecule has 0 aliphatic heterocycles. The minimum atomic E-state index is 0.690. The van der Waals surface area contributed by atoms with E-state index in [1.54, 1.807) is 0 Å². The summed E-state index contributed by atoms with van der Waals surface area (Å²) in [6.07, 6.45) is 6.17. The van der Waals surface area contributed by atoms with Crippen molar-refractivity contribution in [3.63, 3.8) is 0 Å². The van der Waals surface area contributed by atoms with Crippen LogP contribution in [0.25, 0.3) is 0 Å². The predicted octanol–water partition coefficient (Wildman–Crippen LogP) is 3.72. The molecule has 0 saturated heterocycles. The SMILES string of the molecule is CCCOCCC(CNC1CC1)Cc1ccc(C)cc1. The summed E-state index contributed by atoms with van der Waals surface area (Å²) in [6, 6.07) is 9.77. The highest BCUT2D eigenvalue weighted by Crippen LogP contribution is 2.20. The molecule has 2 heteroatoms. The average Bonchev–Trinajstić information content (AvgIpc) is 3.27. The van der Waals surface area contributed by atoms with Crippen LogP contribution in [-0.2, 0) is 11.2 Å². The number of nitrogens with one attached hydrogen (secondary N) is 1. The van der Waals surface area contributed by atoms with Gasteiger partial charge in [0.15, 0.2) is 0 Å². The van der Waals surface area contributed by atoms with E-state index in [0.29, 0.717) is 5.92 Å². The predicted molar refractivity (Wildman–Crippen MR) is 85.1 cm³/mol. The summed E-state index contributed by atoms with van der Waals surface area (Å²) >= 11 is 0. The molecule has 0 heterocycles. The monoisotopic (exact) mass is 275 g/mol. The van der Waals surface area contributed by atoms with Crippen molar-refractivity contribution in [1.82, 2.24) is 5.32 Å². The Hall–Kier alpha value is -0.860. The minimum absolute atomic E-state index is 0.690. The smallest absolute Gasteiger partial charge is 0.0469 e. The normalized spacial score (nSPS) is 16.3. The van der Waals surface area contributed by atoms with Gasteiger partial charge in [0.25, 0.3) is 0 Å². The molecule has 0 amide bonds. The first-order chi connectivity index (χ1) is 9.78. The summed E-state index contributed by atoms with van der Waals surface area (Å²) in [5, 5.41) is 3.67. The van der Waals surface area contributed by atoms with Gasteiger partial charge in [0.05, 0.1) is 0 Å². The van der Waals surface area contributed by atoms with Crippen molar-refractivity contribution < 1.29 is 4.74 Å². The third-order valence-electron chi connectivity index (χ3n) is 3.94. The second-order valence-corrected chi connectivity index (χ2v) is 6.14. The maximum Gasteiger partial charge on any atom is 0.0469 e. The summed E-state index contributed by atoms with van der Waals surface area (Å²) in [7, 11) is 0. The summed E-state index contributed by atoms with van der Waals surface area (Å²) in [4.78, 5) is 0. The van der Waals surface area contributed by atoms with Crippen molar-refractivity contribution in [2.24, 2.45) is 5.92 Å². The fraction of sp³-hybridized carbons (Fsp3) is 0.667. The number of hydrogen-bond acceptors (Lipinski definition) is 2. The van der Waals surface area contributed by atoms with Gasteiger partial charge in [0.2, 0.25) is 0 Å². The van der Waals surface area contributed by atoms with E-state index in [9.17, 15) is 0 Å². The van der Waals surface area contributed by atoms with Gasteiger partial charge < -0.3 is 10.1 Å². The molecule has 1 aromatic rings. The van der Waals surface area contributed by atoms with Gasteiger partial charge in [-0.2, -0.15) is 0 Å². The quantitative estimate of drug-likeness (QED) is 0.657. The Morgan fingerprint density at radius 3 is 2.60 bits per heavy atom. The zero-order valence-electron chi connectivity index (χ0n) is 13.0. The molecule has 0 bridgehead atoms. The van der Waals surface area contributed by atoms with Gasteiger partial charge in [-0.1, -0.05) is 36.8 Å². The van der Waals surface area contributed by atoms with E-state index in [-0.39, 0.29) is 0 Å². The molecule has 1 atom stereocenters. The van der Waals surface area contributed by atoms with Crippen LogP contribution in [0, 0.1) is 12.8 Å². The fourth-order valence-corrected chi connectivity index (χ4v) is 2.45. The molecule has 0 aromatic heterocycles. The van der Waals surface area contributed by atoms with Gasteiger partial charge >= 0.3 is 0 Å². The molecule has 1 aliphatic carbocycles. The number of aryl methyl sites for hydroxylation is 1. The molecule has 1 saturated carbocycles. The lowest BCUT2D eigenvalue weighted by Gasteiger charge is -2.18. The zero-order chi connectivity index (χ0) is 14.2. The van der Waals surface area contributed by atoms with Gasteiger partial charge in [-0.25, -0.2) is 0 Å². The Labute approximate surface area is 123 Å². The van der Waals surface area contributed by atoms with Crippen LogP contribution in [-0.4, -0.2) is 25.8 Å². The van der Waals surface area contributed by atoms with E-state index in [1.165, 1.54) is 24.0 Å². The Morgan fingerprint density at radius 2 is 1.95 bits per heavy atom. The maximum atomic E-state index is 5.66. The van der Waals surface area contributed by atoms with Crippen molar-refractivity contribution in [3.8, 4) is 0 Å². The van der Waals surface area contributed by atoms with E-state index in [0.717, 1.165) is 45.1 Å². The van der Waals surface area contributed by atoms with E-state index < -0.39 is 0 Å². The van der Waals surface area contributed by atoms with Crippen LogP contribution >= 0.6 is 0 Å². The number of hydrogen-bond donors (Lipinski definition) is 1. The van der Waals surface area contributed by atoms with E-state index >= 15 is 0 Å². The Balaban J connectivity index is 1.78. The highest BCUT2D eigenvalue weighted by Gasteiger charge is 2.21. The molecule has 2 rings (SSSR count). The maximum absolute atomic E-state index is 5.66. The standard InChI is InChI=1S/C18H29NO/c1-3-11-20-12-10-17(14-19-18-8-9-18)13-16-6-4-15(2)5-7-16/h4-7,17-19H,3,8-14H2,1-2H3. The number of rotatable bonds is 10. The molecule has 1 aliphatic rings. The molecule has 1 N–H and O–H groups in total. The lowest BCUT2D eigenvalue weighted by atomic mass is 9.96. The van der Waals surface area contributed by atoms with E-state index in [1.807, 2.05) is 0 Å². The lowest BCUT2D eigenvalue weighted by molar-refractivity contribution is 0.120. The zero-order valence-corrected chi connectivity index (χ0v) is 13.0. The van der Waals surface area contributed by atoms with Crippen LogP contribution in [0.15, 0.2) is 24.3 Å². The molecule has 20 heavy (non-hydrogen) atoms. The summed E-state index contributed by atoms with van der Waals surface area (Å²) in [5.41, 5.74) is 2.79. The van der Waals surface area contributed by atoms with Crippen LogP contribution in [0.3, 0.4) is 0 Å². The van der Waals surface area contributed by atoms with Crippen LogP contribution < -0.4 is 5.32 Å². The number of benzene rings is 1. The second-order valence-electron chi connectivity index (χ2n) is 6.14. The molecule has 112 valence electrons. The highest BCUT2D eigenvalue weighted by atomic mass is 16.5. The summed E-state index contributed by atoms with van der Waals surface area (Å²) in [5.74, 6) is 0.690. The van der Waals surface area contributed by atoms with Gasteiger partial charge in [0, 0.05) is 19.3 Å². The van der Waals surface area contributed by atoms with Crippen molar-refractivity contribution in [1.29, 1.82) is 0 Å². The molecule has 0 spiro atoms. The highest BCUT2D eigenvalue weighted by molar-refractivity contribution is 5.21. The Kier molecular flexibility index (Phi) is 6.55. The third-order valence-corrected chi connectivity index (χ3v) is 3.94. The first-order valence-corrected chi connectivity index (χ1v) is 8.14. The molecule has 1 aromatic carbocycles. The van der Waals surface area contributed by atoms with Crippen molar-refractivity contribution in [2.45, 2.75) is 52.0 Å². The molecule has 0 radical (unpaired) electrons. The van der Waals surface area contributed by atoms with Crippen molar-refractivity contribution in [2.75, 3.05) is 19.8 Å². The summed E-state index contributed by atoms with van der Waals surface area (Å²) < 4.78 is 5.66. The Bertz CT molecular complexity index is 370. The largest absolute Gasteiger partial charge is 0.381 e. The Morgan fingerprint density at radius 1 is 1.20 bits per heavy atom. The number of ether oxygens (including phenoxy) is 1. The summed E-state index contributed by atoms with van der Waals surface area (Å²) in [6.45, 7) is 7.24. The molecular weight excluding hydrogens is 246 g/mol. The van der Waals surface area contributed by atoms with Crippen molar-refractivity contribution >= 4 is 0 Å². The first-order valence-electron chi connectivity index (χ1n) is 8.14. The van der Waals surface area contributed by atoms with Crippen LogP contribution in [0.4, 0.5) is 0 Å². The molecule has 2 nitrogen and oxygen atoms in total. The van der Waals surface area contributed by atoms with E-state index in [2.05, 4.69) is 43.4 Å². The molecule has 1 fully saturated rings. The van der Waals surface area contributed by atoms with Crippen molar-refractivity contribution in [3.05, 3.63) is 35.4 Å². The second kappa shape index (κ2) is 8.43. The average molecular weight is 275 g/mol. The van der Waals surface area contributed by atoms with Crippen LogP contribution in [0.2, 0.25) is 0 Å². The van der Waals surface area contributed by atoms with Gasteiger partial charge in [-0.05, 0) is 57.1 Å². The molecular formula is C18H29NO. The topological polar surface area (TPSA) is 21.3 Å².